The van der Waals surface area contributed by atoms with Crippen molar-refractivity contribution < 1.29 is 33.4 Å². The predicted octanol–water partition coefficient (Wildman–Crippen LogP) is 5.54. The summed E-state index contributed by atoms with van der Waals surface area (Å²) in [7, 11) is 1.63. The predicted molar refractivity (Wildman–Crippen MR) is 180 cm³/mol. The first kappa shape index (κ1) is 34.2. The molecule has 1 aliphatic carbocycles. The van der Waals surface area contributed by atoms with Crippen molar-refractivity contribution in [3.8, 4) is 5.75 Å². The number of nitrogens with zero attached hydrogens (tertiary/aromatic N) is 3. The Labute approximate surface area is 277 Å². The Balaban J connectivity index is 1.44. The van der Waals surface area contributed by atoms with E-state index in [1.165, 1.54) is 4.90 Å². The van der Waals surface area contributed by atoms with Gasteiger partial charge in [-0.15, -0.1) is 0 Å². The van der Waals surface area contributed by atoms with E-state index in [4.69, 9.17) is 14.2 Å². The zero-order chi connectivity index (χ0) is 34.1. The SMILES string of the molecule is COCCCN1C(=O)C(C)(C)Oc2ccc(N(C(=O)[C@@H]3C[C@H](C(=O)Nc4ccccc4C)CN(C(=O)OC(C)(C)C)C3)C3CC3)cc21. The molecule has 47 heavy (non-hydrogen) atoms. The molecule has 0 aromatic heterocycles. The maximum Gasteiger partial charge on any atom is 0.410 e. The molecule has 0 bridgehead atoms. The average molecular weight is 649 g/mol. The zero-order valence-electron chi connectivity index (χ0n) is 28.6. The summed E-state index contributed by atoms with van der Waals surface area (Å²) in [5.74, 6) is -1.27. The number of anilines is 3. The van der Waals surface area contributed by atoms with Gasteiger partial charge in [0.15, 0.2) is 5.60 Å². The zero-order valence-corrected chi connectivity index (χ0v) is 28.6. The summed E-state index contributed by atoms with van der Waals surface area (Å²) in [6, 6.07) is 13.0. The molecule has 254 valence electrons. The van der Waals surface area contributed by atoms with E-state index in [-0.39, 0.29) is 43.3 Å². The topological polar surface area (TPSA) is 118 Å². The number of benzene rings is 2. The fourth-order valence-corrected chi connectivity index (χ4v) is 6.23. The Morgan fingerprint density at radius 2 is 1.77 bits per heavy atom. The Morgan fingerprint density at radius 1 is 1.06 bits per heavy atom. The number of methoxy groups -OCH3 is 1. The van der Waals surface area contributed by atoms with Gasteiger partial charge >= 0.3 is 6.09 Å². The molecule has 1 N–H and O–H groups in total. The first-order chi connectivity index (χ1) is 22.2. The number of nitrogens with one attached hydrogen (secondary N) is 1. The van der Waals surface area contributed by atoms with E-state index in [2.05, 4.69) is 5.32 Å². The number of hydrogen-bond donors (Lipinski definition) is 1. The van der Waals surface area contributed by atoms with Gasteiger partial charge in [0.2, 0.25) is 11.8 Å². The fourth-order valence-electron chi connectivity index (χ4n) is 6.23. The van der Waals surface area contributed by atoms with Crippen molar-refractivity contribution in [1.29, 1.82) is 0 Å². The minimum atomic E-state index is -1.03. The Hall–Kier alpha value is -4.12. The van der Waals surface area contributed by atoms with Crippen LogP contribution in [-0.2, 0) is 23.9 Å². The number of piperidine rings is 1. The van der Waals surface area contributed by atoms with Crippen molar-refractivity contribution in [2.75, 3.05) is 48.5 Å². The Kier molecular flexibility index (Phi) is 9.86. The molecule has 2 heterocycles. The van der Waals surface area contributed by atoms with E-state index in [1.54, 1.807) is 51.5 Å². The van der Waals surface area contributed by atoms with Gasteiger partial charge in [0.25, 0.3) is 5.91 Å². The Bertz CT molecular complexity index is 1510. The monoisotopic (exact) mass is 648 g/mol. The molecule has 11 heteroatoms. The molecule has 2 aromatic rings. The van der Waals surface area contributed by atoms with E-state index in [1.807, 2.05) is 49.4 Å². The highest BCUT2D eigenvalue weighted by Gasteiger charge is 2.45. The highest BCUT2D eigenvalue weighted by atomic mass is 16.6. The Morgan fingerprint density at radius 3 is 2.43 bits per heavy atom. The van der Waals surface area contributed by atoms with Gasteiger partial charge < -0.3 is 34.2 Å². The number of aryl methyl sites for hydroxylation is 1. The molecule has 2 fully saturated rings. The number of rotatable bonds is 9. The molecule has 4 amide bonds. The lowest BCUT2D eigenvalue weighted by Crippen LogP contribution is -2.53. The molecule has 0 radical (unpaired) electrons. The van der Waals surface area contributed by atoms with Gasteiger partial charge in [-0.1, -0.05) is 18.2 Å². The molecule has 1 saturated heterocycles. The molecule has 2 aromatic carbocycles. The molecular weight excluding hydrogens is 600 g/mol. The number of hydrogen-bond acceptors (Lipinski definition) is 7. The van der Waals surface area contributed by atoms with E-state index in [0.717, 1.165) is 18.4 Å². The first-order valence-electron chi connectivity index (χ1n) is 16.5. The molecule has 11 nitrogen and oxygen atoms in total. The summed E-state index contributed by atoms with van der Waals surface area (Å²) in [5, 5.41) is 3.01. The van der Waals surface area contributed by atoms with Gasteiger partial charge in [0, 0.05) is 50.8 Å². The third-order valence-corrected chi connectivity index (χ3v) is 8.74. The van der Waals surface area contributed by atoms with E-state index < -0.39 is 29.1 Å². The third kappa shape index (κ3) is 7.89. The first-order valence-corrected chi connectivity index (χ1v) is 16.5. The summed E-state index contributed by atoms with van der Waals surface area (Å²) >= 11 is 0. The molecule has 2 aliphatic heterocycles. The lowest BCUT2D eigenvalue weighted by molar-refractivity contribution is -0.132. The number of carbonyl (C=O) groups is 4. The van der Waals surface area contributed by atoms with Gasteiger partial charge in [-0.2, -0.15) is 0 Å². The van der Waals surface area contributed by atoms with Crippen LogP contribution in [0.1, 0.15) is 65.9 Å². The summed E-state index contributed by atoms with van der Waals surface area (Å²) in [5.41, 5.74) is 1.10. The van der Waals surface area contributed by atoms with E-state index >= 15 is 0 Å². The second-order valence-corrected chi connectivity index (χ2v) is 14.3. The lowest BCUT2D eigenvalue weighted by atomic mass is 9.87. The maximum absolute atomic E-state index is 14.5. The van der Waals surface area contributed by atoms with Crippen molar-refractivity contribution in [2.24, 2.45) is 11.8 Å². The van der Waals surface area contributed by atoms with Crippen LogP contribution in [0.15, 0.2) is 42.5 Å². The lowest BCUT2D eigenvalue weighted by Gasteiger charge is -2.40. The third-order valence-electron chi connectivity index (χ3n) is 8.74. The van der Waals surface area contributed by atoms with Crippen molar-refractivity contribution in [1.82, 2.24) is 4.90 Å². The minimum Gasteiger partial charge on any atom is -0.476 e. The maximum atomic E-state index is 14.5. The van der Waals surface area contributed by atoms with Gasteiger partial charge in [0.05, 0.1) is 17.5 Å². The number of carbonyl (C=O) groups excluding carboxylic acids is 4. The van der Waals surface area contributed by atoms with Crippen LogP contribution in [0.3, 0.4) is 0 Å². The second-order valence-electron chi connectivity index (χ2n) is 14.3. The van der Waals surface area contributed by atoms with Gasteiger partial charge in [-0.3, -0.25) is 14.4 Å². The van der Waals surface area contributed by atoms with Crippen molar-refractivity contribution >= 4 is 40.9 Å². The van der Waals surface area contributed by atoms with Gasteiger partial charge in [-0.05, 0) is 97.1 Å². The molecule has 0 spiro atoms. The molecule has 2 atom stereocenters. The fraction of sp³-hybridized carbons (Fsp3) is 0.556. The van der Waals surface area contributed by atoms with Crippen molar-refractivity contribution in [2.45, 2.75) is 84.5 Å². The van der Waals surface area contributed by atoms with Gasteiger partial charge in [-0.25, -0.2) is 4.79 Å². The van der Waals surface area contributed by atoms with E-state index in [9.17, 15) is 19.2 Å². The molecular formula is C36H48N4O7. The number of para-hydroxylation sites is 1. The van der Waals surface area contributed by atoms with Crippen LogP contribution < -0.4 is 19.9 Å². The van der Waals surface area contributed by atoms with Crippen LogP contribution in [0.25, 0.3) is 0 Å². The van der Waals surface area contributed by atoms with Crippen molar-refractivity contribution in [3.63, 3.8) is 0 Å². The summed E-state index contributed by atoms with van der Waals surface area (Å²) in [6.45, 7) is 12.0. The van der Waals surface area contributed by atoms with E-state index in [0.29, 0.717) is 42.4 Å². The van der Waals surface area contributed by atoms with Gasteiger partial charge in [0.1, 0.15) is 11.4 Å². The smallest absolute Gasteiger partial charge is 0.410 e. The van der Waals surface area contributed by atoms with Crippen LogP contribution in [0.2, 0.25) is 0 Å². The average Bonchev–Trinajstić information content (AvgIpc) is 3.84. The van der Waals surface area contributed by atoms with Crippen molar-refractivity contribution in [3.05, 3.63) is 48.0 Å². The van der Waals surface area contributed by atoms with Crippen LogP contribution in [0.5, 0.6) is 5.75 Å². The largest absolute Gasteiger partial charge is 0.476 e. The number of ether oxygens (including phenoxy) is 3. The standard InChI is InChI=1S/C36H48N4O7/c1-23-11-8-9-12-28(23)37-31(41)24-19-25(22-38(21-24)34(44)47-35(2,3)4)32(42)40(26-13-14-26)27-15-16-30-29(20-27)39(17-10-18-45-7)33(43)36(5,6)46-30/h8-9,11-12,15-16,20,24-26H,10,13-14,17-19,21-22H2,1-7H3,(H,37,41)/t24-,25+/m0/s1. The van der Waals surface area contributed by atoms with Crippen LogP contribution >= 0.6 is 0 Å². The molecule has 5 rings (SSSR count). The summed E-state index contributed by atoms with van der Waals surface area (Å²) in [6.07, 6.45) is 2.04. The quantitative estimate of drug-likeness (QED) is 0.355. The number of amides is 4. The second kappa shape index (κ2) is 13.5. The van der Waals surface area contributed by atoms with Crippen LogP contribution in [0.4, 0.5) is 21.9 Å². The summed E-state index contributed by atoms with van der Waals surface area (Å²) < 4.78 is 17.0. The normalized spacial score (nSPS) is 20.6. The highest BCUT2D eigenvalue weighted by molar-refractivity contribution is 6.04. The minimum absolute atomic E-state index is 0.0182. The molecule has 3 aliphatic rings. The number of fused-ring (bicyclic) bond motifs is 1. The molecule has 0 unspecified atom stereocenters. The van der Waals surface area contributed by atoms with Crippen LogP contribution in [-0.4, -0.2) is 79.3 Å². The molecule has 1 saturated carbocycles. The summed E-state index contributed by atoms with van der Waals surface area (Å²) in [4.78, 5) is 59.9. The highest BCUT2D eigenvalue weighted by Crippen LogP contribution is 2.43. The number of likely N-dealkylation sites (tertiary alicyclic amines) is 1. The van der Waals surface area contributed by atoms with Crippen LogP contribution in [0, 0.1) is 18.8 Å².